The summed E-state index contributed by atoms with van der Waals surface area (Å²) < 4.78 is 6.31. The summed E-state index contributed by atoms with van der Waals surface area (Å²) in [5.74, 6) is 1.27. The lowest BCUT2D eigenvalue weighted by molar-refractivity contribution is -0.116. The summed E-state index contributed by atoms with van der Waals surface area (Å²) in [5.41, 5.74) is 0.708. The SMILES string of the molecule is CC(=O)Cc1ccc(-c2ccc(Br)c(Cl)c2Cl)o1. The molecular formula is C13H9BrCl2O2. The van der Waals surface area contributed by atoms with Crippen molar-refractivity contribution in [2.24, 2.45) is 0 Å². The monoisotopic (exact) mass is 346 g/mol. The standard InChI is InChI=1S/C13H9BrCl2O2/c1-7(17)6-8-2-5-11(18-8)9-3-4-10(14)13(16)12(9)15/h2-5H,6H2,1H3. The molecule has 94 valence electrons. The van der Waals surface area contributed by atoms with Gasteiger partial charge in [0.1, 0.15) is 17.3 Å². The first-order valence-electron chi connectivity index (χ1n) is 5.21. The fourth-order valence-electron chi connectivity index (χ4n) is 1.58. The van der Waals surface area contributed by atoms with Crippen LogP contribution in [0.1, 0.15) is 12.7 Å². The zero-order valence-corrected chi connectivity index (χ0v) is 12.6. The van der Waals surface area contributed by atoms with Gasteiger partial charge in [0, 0.05) is 10.0 Å². The highest BCUT2D eigenvalue weighted by Crippen LogP contribution is 2.38. The van der Waals surface area contributed by atoms with E-state index in [9.17, 15) is 4.79 Å². The number of carbonyl (C=O) groups is 1. The largest absolute Gasteiger partial charge is 0.461 e. The Morgan fingerprint density at radius 3 is 2.61 bits per heavy atom. The topological polar surface area (TPSA) is 30.2 Å². The van der Waals surface area contributed by atoms with Crippen LogP contribution >= 0.6 is 39.1 Å². The first-order chi connectivity index (χ1) is 8.49. The molecule has 18 heavy (non-hydrogen) atoms. The predicted molar refractivity (Wildman–Crippen MR) is 76.2 cm³/mol. The highest BCUT2D eigenvalue weighted by molar-refractivity contribution is 9.10. The number of rotatable bonds is 3. The van der Waals surface area contributed by atoms with Crippen molar-refractivity contribution in [3.8, 4) is 11.3 Å². The molecule has 0 atom stereocenters. The van der Waals surface area contributed by atoms with Crippen LogP contribution in [0.3, 0.4) is 0 Å². The molecule has 0 spiro atoms. The quantitative estimate of drug-likeness (QED) is 0.719. The van der Waals surface area contributed by atoms with Crippen LogP contribution < -0.4 is 0 Å². The molecule has 0 aliphatic carbocycles. The number of hydrogen-bond donors (Lipinski definition) is 0. The third-order valence-corrected chi connectivity index (χ3v) is 4.16. The van der Waals surface area contributed by atoms with E-state index in [0.29, 0.717) is 27.1 Å². The zero-order chi connectivity index (χ0) is 13.3. The number of hydrogen-bond acceptors (Lipinski definition) is 2. The molecule has 0 saturated carbocycles. The van der Waals surface area contributed by atoms with Crippen molar-refractivity contribution >= 4 is 44.9 Å². The van der Waals surface area contributed by atoms with E-state index in [1.54, 1.807) is 18.2 Å². The molecule has 2 aromatic rings. The summed E-state index contributed by atoms with van der Waals surface area (Å²) in [6, 6.07) is 7.16. The van der Waals surface area contributed by atoms with Crippen LogP contribution in [0.2, 0.25) is 10.0 Å². The molecule has 0 fully saturated rings. The summed E-state index contributed by atoms with van der Waals surface area (Å²) in [6.45, 7) is 1.52. The third-order valence-electron chi connectivity index (χ3n) is 2.39. The van der Waals surface area contributed by atoms with Gasteiger partial charge < -0.3 is 4.42 Å². The number of furan rings is 1. The van der Waals surface area contributed by atoms with E-state index in [1.165, 1.54) is 6.92 Å². The number of Topliss-reactive ketones (excluding diaryl/α,β-unsaturated/α-hetero) is 1. The lowest BCUT2D eigenvalue weighted by atomic mass is 10.2. The van der Waals surface area contributed by atoms with Gasteiger partial charge in [-0.3, -0.25) is 4.79 Å². The van der Waals surface area contributed by atoms with E-state index in [4.69, 9.17) is 27.6 Å². The van der Waals surface area contributed by atoms with Gasteiger partial charge in [0.05, 0.1) is 16.5 Å². The van der Waals surface area contributed by atoms with Crippen molar-refractivity contribution in [1.82, 2.24) is 0 Å². The molecule has 0 bridgehead atoms. The lowest BCUT2D eigenvalue weighted by Gasteiger charge is -2.04. The molecule has 0 amide bonds. The van der Waals surface area contributed by atoms with Gasteiger partial charge in [0.25, 0.3) is 0 Å². The molecule has 0 aliphatic rings. The molecule has 0 saturated heterocycles. The average Bonchev–Trinajstić information content (AvgIpc) is 2.73. The van der Waals surface area contributed by atoms with Gasteiger partial charge in [0.2, 0.25) is 0 Å². The Bertz CT molecular complexity index is 605. The van der Waals surface area contributed by atoms with E-state index in [0.717, 1.165) is 4.47 Å². The molecule has 2 rings (SSSR count). The van der Waals surface area contributed by atoms with Crippen LogP contribution in [0.5, 0.6) is 0 Å². The van der Waals surface area contributed by atoms with Gasteiger partial charge >= 0.3 is 0 Å². The minimum atomic E-state index is 0.0517. The second-order valence-electron chi connectivity index (χ2n) is 3.87. The summed E-state index contributed by atoms with van der Waals surface area (Å²) in [7, 11) is 0. The second-order valence-corrected chi connectivity index (χ2v) is 5.48. The molecule has 2 nitrogen and oxygen atoms in total. The maximum absolute atomic E-state index is 11.0. The van der Waals surface area contributed by atoms with E-state index in [-0.39, 0.29) is 12.2 Å². The number of ketones is 1. The van der Waals surface area contributed by atoms with Crippen LogP contribution in [0, 0.1) is 0 Å². The molecular weight excluding hydrogens is 339 g/mol. The Kier molecular flexibility index (Phi) is 4.15. The predicted octanol–water partition coefficient (Wildman–Crippen LogP) is 5.15. The highest BCUT2D eigenvalue weighted by atomic mass is 79.9. The Balaban J connectivity index is 2.40. The van der Waals surface area contributed by atoms with E-state index >= 15 is 0 Å². The summed E-state index contributed by atoms with van der Waals surface area (Å²) in [4.78, 5) is 11.0. The fourth-order valence-corrected chi connectivity index (χ4v) is 2.45. The molecule has 0 N–H and O–H groups in total. The van der Waals surface area contributed by atoms with Crippen LogP contribution in [0.4, 0.5) is 0 Å². The van der Waals surface area contributed by atoms with Crippen LogP contribution in [-0.4, -0.2) is 5.78 Å². The second kappa shape index (κ2) is 5.47. The molecule has 1 aromatic heterocycles. The van der Waals surface area contributed by atoms with Gasteiger partial charge in [-0.15, -0.1) is 0 Å². The molecule has 0 radical (unpaired) electrons. The van der Waals surface area contributed by atoms with Crippen LogP contribution in [0.15, 0.2) is 33.2 Å². The summed E-state index contributed by atoms with van der Waals surface area (Å²) >= 11 is 15.5. The van der Waals surface area contributed by atoms with E-state index in [1.807, 2.05) is 6.07 Å². The molecule has 0 unspecified atom stereocenters. The van der Waals surface area contributed by atoms with Crippen molar-refractivity contribution < 1.29 is 9.21 Å². The number of benzene rings is 1. The zero-order valence-electron chi connectivity index (χ0n) is 9.47. The first kappa shape index (κ1) is 13.7. The Labute approximate surface area is 123 Å². The van der Waals surface area contributed by atoms with Crippen molar-refractivity contribution in [3.63, 3.8) is 0 Å². The third kappa shape index (κ3) is 2.79. The maximum atomic E-state index is 11.0. The van der Waals surface area contributed by atoms with E-state index in [2.05, 4.69) is 15.9 Å². The Morgan fingerprint density at radius 2 is 1.94 bits per heavy atom. The highest BCUT2D eigenvalue weighted by Gasteiger charge is 2.13. The summed E-state index contributed by atoms with van der Waals surface area (Å²) in [6.07, 6.45) is 0.280. The van der Waals surface area contributed by atoms with E-state index < -0.39 is 0 Å². The normalized spacial score (nSPS) is 10.7. The smallest absolute Gasteiger partial charge is 0.137 e. The Hall–Kier alpha value is -0.770. The Morgan fingerprint density at radius 1 is 1.22 bits per heavy atom. The van der Waals surface area contributed by atoms with Crippen molar-refractivity contribution in [1.29, 1.82) is 0 Å². The maximum Gasteiger partial charge on any atom is 0.137 e. The van der Waals surface area contributed by atoms with Crippen molar-refractivity contribution in [3.05, 3.63) is 44.5 Å². The molecule has 0 aliphatic heterocycles. The van der Waals surface area contributed by atoms with Gasteiger partial charge in [-0.2, -0.15) is 0 Å². The fraction of sp³-hybridized carbons (Fsp3) is 0.154. The minimum absolute atomic E-state index is 0.0517. The van der Waals surface area contributed by atoms with Gasteiger partial charge in [0.15, 0.2) is 0 Å². The molecule has 1 aromatic carbocycles. The number of carbonyl (C=O) groups excluding carboxylic acids is 1. The average molecular weight is 348 g/mol. The van der Waals surface area contributed by atoms with Crippen molar-refractivity contribution in [2.75, 3.05) is 0 Å². The number of halogens is 3. The van der Waals surface area contributed by atoms with Crippen LogP contribution in [0.25, 0.3) is 11.3 Å². The van der Waals surface area contributed by atoms with Gasteiger partial charge in [-0.25, -0.2) is 0 Å². The lowest BCUT2D eigenvalue weighted by Crippen LogP contribution is -1.93. The first-order valence-corrected chi connectivity index (χ1v) is 6.76. The van der Waals surface area contributed by atoms with Crippen molar-refractivity contribution in [2.45, 2.75) is 13.3 Å². The minimum Gasteiger partial charge on any atom is -0.461 e. The molecule has 5 heteroatoms. The molecule has 1 heterocycles. The summed E-state index contributed by atoms with van der Waals surface area (Å²) in [5, 5.41) is 0.869. The van der Waals surface area contributed by atoms with Gasteiger partial charge in [-0.05, 0) is 47.1 Å². The van der Waals surface area contributed by atoms with Crippen LogP contribution in [-0.2, 0) is 11.2 Å². The van der Waals surface area contributed by atoms with Gasteiger partial charge in [-0.1, -0.05) is 23.2 Å².